The van der Waals surface area contributed by atoms with Gasteiger partial charge in [-0.3, -0.25) is 9.69 Å². The number of hydrogen-bond acceptors (Lipinski definition) is 5. The van der Waals surface area contributed by atoms with Gasteiger partial charge in [-0.1, -0.05) is 91.0 Å². The van der Waals surface area contributed by atoms with Crippen molar-refractivity contribution in [3.05, 3.63) is 126 Å². The van der Waals surface area contributed by atoms with E-state index >= 15 is 0 Å². The van der Waals surface area contributed by atoms with Gasteiger partial charge in [0.2, 0.25) is 5.91 Å². The van der Waals surface area contributed by atoms with E-state index in [1.54, 1.807) is 27.1 Å². The molecular formula is C35H38N4O5. The average Bonchev–Trinajstić information content (AvgIpc) is 3.69. The van der Waals surface area contributed by atoms with Crippen LogP contribution in [-0.4, -0.2) is 61.8 Å². The van der Waals surface area contributed by atoms with Crippen LogP contribution in [0, 0.1) is 0 Å². The minimum atomic E-state index is -1.24. The number of nitrogens with zero attached hydrogens (tertiary/aromatic N) is 3. The molecule has 0 radical (unpaired) electrons. The van der Waals surface area contributed by atoms with Gasteiger partial charge in [0, 0.05) is 19.2 Å². The number of hydrogen-bond donors (Lipinski definition) is 2. The van der Waals surface area contributed by atoms with Crippen molar-refractivity contribution >= 4 is 18.0 Å². The van der Waals surface area contributed by atoms with Gasteiger partial charge in [0.1, 0.15) is 23.2 Å². The van der Waals surface area contributed by atoms with Crippen molar-refractivity contribution in [2.24, 2.45) is 0 Å². The Balaban J connectivity index is 1.45. The lowest BCUT2D eigenvalue weighted by molar-refractivity contribution is -0.142. The van der Waals surface area contributed by atoms with Crippen LogP contribution in [0.2, 0.25) is 0 Å². The van der Waals surface area contributed by atoms with E-state index in [0.29, 0.717) is 25.1 Å². The lowest BCUT2D eigenvalue weighted by Crippen LogP contribution is -2.52. The highest BCUT2D eigenvalue weighted by atomic mass is 16.6. The third-order valence-electron chi connectivity index (χ3n) is 7.81. The molecule has 228 valence electrons. The molecule has 2 heterocycles. The number of aliphatic carboxylic acids is 1. The molecule has 1 aromatic heterocycles. The van der Waals surface area contributed by atoms with Crippen molar-refractivity contribution in [1.82, 2.24) is 19.8 Å². The SMILES string of the molecule is CC(C)(C)OC(=O)N1CCC[C@H]1C(=O)N[C@@H](Cc1cn(C(c2ccccc2)(c2ccccc2)c2ccccc2)cn1)C(=O)O. The summed E-state index contributed by atoms with van der Waals surface area (Å²) in [5.41, 5.74) is 2.01. The van der Waals surface area contributed by atoms with Gasteiger partial charge in [-0.15, -0.1) is 0 Å². The molecule has 5 rings (SSSR count). The summed E-state index contributed by atoms with van der Waals surface area (Å²) >= 11 is 0. The number of carbonyl (C=O) groups is 3. The van der Waals surface area contributed by atoms with Crippen molar-refractivity contribution in [2.45, 2.75) is 63.3 Å². The number of imidazole rings is 1. The van der Waals surface area contributed by atoms with Crippen LogP contribution in [0.15, 0.2) is 104 Å². The number of ether oxygens (including phenoxy) is 1. The van der Waals surface area contributed by atoms with Crippen LogP contribution in [0.4, 0.5) is 4.79 Å². The Kier molecular flexibility index (Phi) is 8.85. The van der Waals surface area contributed by atoms with E-state index in [-0.39, 0.29) is 6.42 Å². The second-order valence-electron chi connectivity index (χ2n) is 12.0. The highest BCUT2D eigenvalue weighted by Gasteiger charge is 2.40. The number of carboxylic acid groups (broad SMARTS) is 1. The molecule has 1 aliphatic heterocycles. The van der Waals surface area contributed by atoms with Crippen LogP contribution in [0.3, 0.4) is 0 Å². The normalized spacial score (nSPS) is 15.9. The maximum atomic E-state index is 13.3. The molecule has 0 bridgehead atoms. The summed E-state index contributed by atoms with van der Waals surface area (Å²) in [6, 6.07) is 28.2. The quantitative estimate of drug-likeness (QED) is 0.257. The highest BCUT2D eigenvalue weighted by molar-refractivity contribution is 5.89. The number of aromatic nitrogens is 2. The van der Waals surface area contributed by atoms with E-state index in [2.05, 4.69) is 46.7 Å². The van der Waals surface area contributed by atoms with Gasteiger partial charge < -0.3 is 19.7 Å². The Morgan fingerprint density at radius 2 is 1.43 bits per heavy atom. The lowest BCUT2D eigenvalue weighted by atomic mass is 9.77. The first-order chi connectivity index (χ1) is 21.1. The fraction of sp³-hybridized carbons (Fsp3) is 0.314. The fourth-order valence-corrected chi connectivity index (χ4v) is 5.89. The molecule has 1 aliphatic rings. The molecule has 0 aliphatic carbocycles. The number of nitrogens with one attached hydrogen (secondary N) is 1. The zero-order valence-corrected chi connectivity index (χ0v) is 25.2. The molecule has 9 nitrogen and oxygen atoms in total. The van der Waals surface area contributed by atoms with Crippen LogP contribution < -0.4 is 5.32 Å². The van der Waals surface area contributed by atoms with Crippen LogP contribution in [0.5, 0.6) is 0 Å². The highest BCUT2D eigenvalue weighted by Crippen LogP contribution is 2.40. The topological polar surface area (TPSA) is 114 Å². The standard InChI is InChI=1S/C35H38N4O5/c1-34(2,3)44-33(43)39-21-13-20-30(39)31(40)37-29(32(41)42)22-28-23-38(24-36-28)35(25-14-7-4-8-15-25,26-16-9-5-10-17-26)27-18-11-6-12-19-27/h4-12,14-19,23-24,29-30H,13,20-22H2,1-3H3,(H,37,40)(H,41,42)/t29-,30-/m0/s1. The van der Waals surface area contributed by atoms with E-state index < -0.39 is 41.2 Å². The number of likely N-dealkylation sites (tertiary alicyclic amines) is 1. The summed E-state index contributed by atoms with van der Waals surface area (Å²) in [6.45, 7) is 5.66. The van der Waals surface area contributed by atoms with Crippen molar-refractivity contribution in [3.63, 3.8) is 0 Å². The molecule has 1 fully saturated rings. The second-order valence-corrected chi connectivity index (χ2v) is 12.0. The molecule has 0 unspecified atom stereocenters. The summed E-state index contributed by atoms with van der Waals surface area (Å²) in [6.07, 6.45) is 3.99. The zero-order valence-electron chi connectivity index (χ0n) is 25.2. The van der Waals surface area contributed by atoms with E-state index in [1.807, 2.05) is 65.4 Å². The third kappa shape index (κ3) is 6.37. The Morgan fingerprint density at radius 3 is 1.91 bits per heavy atom. The Labute approximate surface area is 257 Å². The van der Waals surface area contributed by atoms with Gasteiger partial charge in [-0.25, -0.2) is 14.6 Å². The monoisotopic (exact) mass is 594 g/mol. The predicted octanol–water partition coefficient (Wildman–Crippen LogP) is 5.23. The van der Waals surface area contributed by atoms with Gasteiger partial charge in [-0.2, -0.15) is 0 Å². The van der Waals surface area contributed by atoms with E-state index in [9.17, 15) is 19.5 Å². The van der Waals surface area contributed by atoms with E-state index in [0.717, 1.165) is 16.7 Å². The predicted molar refractivity (Wildman–Crippen MR) is 166 cm³/mol. The van der Waals surface area contributed by atoms with Crippen LogP contribution in [0.1, 0.15) is 56.0 Å². The maximum Gasteiger partial charge on any atom is 0.410 e. The van der Waals surface area contributed by atoms with Gasteiger partial charge in [0.05, 0.1) is 12.0 Å². The van der Waals surface area contributed by atoms with Gasteiger partial charge >= 0.3 is 12.1 Å². The van der Waals surface area contributed by atoms with Crippen molar-refractivity contribution < 1.29 is 24.2 Å². The van der Waals surface area contributed by atoms with Crippen LogP contribution >= 0.6 is 0 Å². The fourth-order valence-electron chi connectivity index (χ4n) is 5.89. The molecule has 9 heteroatoms. The largest absolute Gasteiger partial charge is 0.480 e. The maximum absolute atomic E-state index is 13.3. The minimum absolute atomic E-state index is 0.0400. The van der Waals surface area contributed by atoms with Crippen LogP contribution in [0.25, 0.3) is 0 Å². The lowest BCUT2D eigenvalue weighted by Gasteiger charge is -2.37. The van der Waals surface area contributed by atoms with Crippen molar-refractivity contribution in [1.29, 1.82) is 0 Å². The minimum Gasteiger partial charge on any atom is -0.480 e. The molecule has 4 aromatic rings. The molecule has 3 aromatic carbocycles. The molecular weight excluding hydrogens is 556 g/mol. The molecule has 2 amide bonds. The summed E-state index contributed by atoms with van der Waals surface area (Å²) < 4.78 is 7.48. The number of carbonyl (C=O) groups excluding carboxylic acids is 2. The number of carboxylic acids is 1. The van der Waals surface area contributed by atoms with Gasteiger partial charge in [-0.05, 0) is 50.3 Å². The number of benzene rings is 3. The van der Waals surface area contributed by atoms with E-state index in [1.165, 1.54) is 4.90 Å². The summed E-state index contributed by atoms with van der Waals surface area (Å²) in [4.78, 5) is 44.4. The Bertz CT molecular complexity index is 1480. The molecule has 2 N–H and O–H groups in total. The van der Waals surface area contributed by atoms with Gasteiger partial charge in [0.15, 0.2) is 0 Å². The first-order valence-corrected chi connectivity index (χ1v) is 14.8. The second kappa shape index (κ2) is 12.8. The third-order valence-corrected chi connectivity index (χ3v) is 7.81. The summed E-state index contributed by atoms with van der Waals surface area (Å²) in [5, 5.41) is 12.8. The molecule has 0 saturated carbocycles. The zero-order chi connectivity index (χ0) is 31.3. The molecule has 2 atom stereocenters. The molecule has 1 saturated heterocycles. The first-order valence-electron chi connectivity index (χ1n) is 14.8. The Morgan fingerprint density at radius 1 is 0.909 bits per heavy atom. The smallest absolute Gasteiger partial charge is 0.410 e. The number of amides is 2. The first kappa shape index (κ1) is 30.5. The van der Waals surface area contributed by atoms with Crippen LogP contribution in [-0.2, 0) is 26.3 Å². The summed E-state index contributed by atoms with van der Waals surface area (Å²) in [5.74, 6) is -1.71. The summed E-state index contributed by atoms with van der Waals surface area (Å²) in [7, 11) is 0. The number of rotatable bonds is 9. The Hall–Kier alpha value is -4.92. The van der Waals surface area contributed by atoms with Crippen molar-refractivity contribution in [3.8, 4) is 0 Å². The molecule has 44 heavy (non-hydrogen) atoms. The molecule has 0 spiro atoms. The average molecular weight is 595 g/mol. The van der Waals surface area contributed by atoms with Crippen molar-refractivity contribution in [2.75, 3.05) is 6.54 Å². The van der Waals surface area contributed by atoms with Gasteiger partial charge in [0.25, 0.3) is 0 Å². The van der Waals surface area contributed by atoms with E-state index in [4.69, 9.17) is 4.74 Å².